The molecular weight excluding hydrogens is 695 g/mol. The summed E-state index contributed by atoms with van der Waals surface area (Å²) < 4.78 is 11.9. The molecule has 9 aromatic rings. The van der Waals surface area contributed by atoms with Crippen LogP contribution < -0.4 is 26.2 Å². The van der Waals surface area contributed by atoms with Crippen LogP contribution in [0.25, 0.3) is 44.9 Å². The van der Waals surface area contributed by atoms with Crippen molar-refractivity contribution in [2.75, 3.05) is 9.80 Å². The molecule has 270 valence electrons. The summed E-state index contributed by atoms with van der Waals surface area (Å²) in [7, 11) is 0. The lowest BCUT2D eigenvalue weighted by atomic mass is 9.33. The van der Waals surface area contributed by atoms with E-state index < -0.39 is 0 Å². The van der Waals surface area contributed by atoms with E-state index in [4.69, 9.17) is 8.83 Å². The minimum Gasteiger partial charge on any atom is -0.461 e. The van der Waals surface area contributed by atoms with E-state index in [1.165, 1.54) is 39.1 Å². The van der Waals surface area contributed by atoms with Gasteiger partial charge in [-0.3, -0.25) is 0 Å². The van der Waals surface area contributed by atoms with Gasteiger partial charge in [-0.1, -0.05) is 115 Å². The second-order valence-electron chi connectivity index (χ2n) is 15.0. The van der Waals surface area contributed by atoms with Gasteiger partial charge in [-0.25, -0.2) is 0 Å². The summed E-state index contributed by atoms with van der Waals surface area (Å²) in [5.41, 5.74) is 17.6. The molecule has 0 radical (unpaired) electrons. The van der Waals surface area contributed by atoms with Gasteiger partial charge in [-0.05, 0) is 125 Å². The summed E-state index contributed by atoms with van der Waals surface area (Å²) in [6, 6.07) is 68.0. The van der Waals surface area contributed by atoms with Gasteiger partial charge in [0.05, 0.1) is 0 Å². The molecule has 0 fully saturated rings. The van der Waals surface area contributed by atoms with Gasteiger partial charge in [0.25, 0.3) is 6.71 Å². The highest BCUT2D eigenvalue weighted by Gasteiger charge is 2.43. The van der Waals surface area contributed by atoms with Gasteiger partial charge in [-0.2, -0.15) is 0 Å². The number of hydrogen-bond acceptors (Lipinski definition) is 4. The smallest absolute Gasteiger partial charge is 0.252 e. The van der Waals surface area contributed by atoms with Crippen molar-refractivity contribution in [1.29, 1.82) is 0 Å². The van der Waals surface area contributed by atoms with Crippen molar-refractivity contribution in [1.82, 2.24) is 0 Å². The van der Waals surface area contributed by atoms with E-state index in [1.807, 2.05) is 38.1 Å². The molecule has 7 aromatic carbocycles. The van der Waals surface area contributed by atoms with Gasteiger partial charge in [0.1, 0.15) is 23.0 Å². The van der Waals surface area contributed by atoms with Crippen LogP contribution in [0.2, 0.25) is 0 Å². The zero-order valence-electron chi connectivity index (χ0n) is 31.7. The number of anilines is 6. The van der Waals surface area contributed by atoms with Crippen molar-refractivity contribution in [3.63, 3.8) is 0 Å². The molecule has 57 heavy (non-hydrogen) atoms. The topological polar surface area (TPSA) is 32.8 Å². The quantitative estimate of drug-likeness (QED) is 0.159. The number of hydrogen-bond donors (Lipinski definition) is 0. The van der Waals surface area contributed by atoms with Gasteiger partial charge in [0.2, 0.25) is 0 Å². The van der Waals surface area contributed by atoms with E-state index in [2.05, 4.69) is 174 Å². The fourth-order valence-electron chi connectivity index (χ4n) is 8.83. The van der Waals surface area contributed by atoms with E-state index in [0.29, 0.717) is 0 Å². The first kappa shape index (κ1) is 33.1. The molecule has 5 heteroatoms. The summed E-state index contributed by atoms with van der Waals surface area (Å²) in [4.78, 5) is 4.94. The summed E-state index contributed by atoms with van der Waals surface area (Å²) in [5, 5.41) is 0. The molecule has 2 aromatic heterocycles. The molecule has 0 saturated carbocycles. The van der Waals surface area contributed by atoms with Crippen LogP contribution in [-0.2, 0) is 0 Å². The molecule has 0 N–H and O–H groups in total. The van der Waals surface area contributed by atoms with E-state index in [0.717, 1.165) is 67.8 Å². The van der Waals surface area contributed by atoms with Crippen molar-refractivity contribution in [3.8, 4) is 44.9 Å². The van der Waals surface area contributed by atoms with Crippen LogP contribution in [-0.4, -0.2) is 6.71 Å². The molecule has 0 saturated heterocycles. The molecule has 4 nitrogen and oxygen atoms in total. The number of nitrogens with zero attached hydrogens (tertiary/aromatic N) is 2. The highest BCUT2D eigenvalue weighted by molar-refractivity contribution is 7.00. The Hall–Kier alpha value is -7.24. The predicted octanol–water partition coefficient (Wildman–Crippen LogP) is 12.2. The SMILES string of the molecule is Cc1ccc(-c2ccc(-c3ccc4c(c3)N(c3ccccc3)c3cc(-c5ccc(-c6ccc(C)o6)cc5)cc5c3B4c3ccccc3N5c3ccccc3)cc2)o1. The molecule has 2 aliphatic heterocycles. The van der Waals surface area contributed by atoms with Crippen LogP contribution in [0.4, 0.5) is 34.1 Å². The summed E-state index contributed by atoms with van der Waals surface area (Å²) in [5.74, 6) is 3.58. The van der Waals surface area contributed by atoms with Gasteiger partial charge in [0, 0.05) is 45.3 Å². The van der Waals surface area contributed by atoms with E-state index >= 15 is 0 Å². The molecular formula is C52H37BN2O2. The highest BCUT2D eigenvalue weighted by atomic mass is 16.3. The summed E-state index contributed by atoms with van der Waals surface area (Å²) >= 11 is 0. The van der Waals surface area contributed by atoms with Crippen molar-refractivity contribution in [2.24, 2.45) is 0 Å². The highest BCUT2D eigenvalue weighted by Crippen LogP contribution is 2.46. The van der Waals surface area contributed by atoms with Crippen molar-refractivity contribution in [2.45, 2.75) is 13.8 Å². The number of aryl methyl sites for hydroxylation is 2. The van der Waals surface area contributed by atoms with Crippen LogP contribution in [0.1, 0.15) is 11.5 Å². The van der Waals surface area contributed by atoms with E-state index in [1.54, 1.807) is 0 Å². The zero-order chi connectivity index (χ0) is 38.0. The Morgan fingerprint density at radius 2 is 0.789 bits per heavy atom. The lowest BCUT2D eigenvalue weighted by molar-refractivity contribution is 0.548. The number of fused-ring (bicyclic) bond motifs is 4. The third-order valence-electron chi connectivity index (χ3n) is 11.5. The minimum absolute atomic E-state index is 0.0263. The first-order chi connectivity index (χ1) is 28.1. The van der Waals surface area contributed by atoms with Crippen LogP contribution in [0.5, 0.6) is 0 Å². The van der Waals surface area contributed by atoms with E-state index in [-0.39, 0.29) is 6.71 Å². The molecule has 0 bridgehead atoms. The number of para-hydroxylation sites is 3. The second-order valence-corrected chi connectivity index (χ2v) is 15.0. The van der Waals surface area contributed by atoms with Crippen LogP contribution in [0.15, 0.2) is 197 Å². The van der Waals surface area contributed by atoms with Crippen LogP contribution in [0, 0.1) is 13.8 Å². The van der Waals surface area contributed by atoms with Crippen LogP contribution >= 0.6 is 0 Å². The first-order valence-electron chi connectivity index (χ1n) is 19.5. The van der Waals surface area contributed by atoms with Gasteiger partial charge in [-0.15, -0.1) is 0 Å². The summed E-state index contributed by atoms with van der Waals surface area (Å²) in [6.45, 7) is 3.99. The largest absolute Gasteiger partial charge is 0.461 e. The average Bonchev–Trinajstić information content (AvgIpc) is 3.91. The lowest BCUT2D eigenvalue weighted by Crippen LogP contribution is -2.61. The molecule has 0 unspecified atom stereocenters. The Kier molecular flexibility index (Phi) is 7.68. The van der Waals surface area contributed by atoms with Crippen molar-refractivity contribution >= 4 is 57.2 Å². The molecule has 0 aliphatic carbocycles. The molecule has 11 rings (SSSR count). The number of rotatable bonds is 6. The molecule has 0 spiro atoms. The standard InChI is InChI=1S/C52H37BN2O2/c1-34-17-29-50(56-34)38-23-19-36(20-24-38)40-27-28-45-47(31-40)55(43-13-7-4-8-14-43)49-33-41(37-21-25-39(26-22-37)51-30-18-35(2)57-51)32-48-52(49)53(45)44-15-9-10-16-46(44)54(48)42-11-5-3-6-12-42/h3-33H,1-2H3. The maximum atomic E-state index is 5.99. The Morgan fingerprint density at radius 1 is 0.351 bits per heavy atom. The summed E-state index contributed by atoms with van der Waals surface area (Å²) in [6.07, 6.45) is 0. The van der Waals surface area contributed by atoms with Crippen molar-refractivity contribution in [3.05, 3.63) is 200 Å². The maximum Gasteiger partial charge on any atom is 0.252 e. The number of furan rings is 2. The fourth-order valence-corrected chi connectivity index (χ4v) is 8.83. The maximum absolute atomic E-state index is 5.99. The monoisotopic (exact) mass is 732 g/mol. The third kappa shape index (κ3) is 5.54. The van der Waals surface area contributed by atoms with Crippen LogP contribution in [0.3, 0.4) is 0 Å². The first-order valence-corrected chi connectivity index (χ1v) is 19.5. The second kappa shape index (κ2) is 13.2. The van der Waals surface area contributed by atoms with Gasteiger partial charge < -0.3 is 18.6 Å². The molecule has 4 heterocycles. The molecule has 2 aliphatic rings. The zero-order valence-corrected chi connectivity index (χ0v) is 31.7. The lowest BCUT2D eigenvalue weighted by Gasteiger charge is -2.44. The van der Waals surface area contributed by atoms with E-state index in [9.17, 15) is 0 Å². The van der Waals surface area contributed by atoms with Gasteiger partial charge in [0.15, 0.2) is 0 Å². The Labute approximate surface area is 333 Å². The average molecular weight is 733 g/mol. The van der Waals surface area contributed by atoms with Crippen molar-refractivity contribution < 1.29 is 8.83 Å². The Morgan fingerprint density at radius 3 is 1.33 bits per heavy atom. The van der Waals surface area contributed by atoms with Gasteiger partial charge >= 0.3 is 0 Å². The fraction of sp³-hybridized carbons (Fsp3) is 0.0385. The Bertz CT molecular complexity index is 2930. The number of benzene rings is 7. The molecule has 0 atom stereocenters. The third-order valence-corrected chi connectivity index (χ3v) is 11.5. The normalized spacial score (nSPS) is 12.6. The predicted molar refractivity (Wildman–Crippen MR) is 236 cm³/mol. The minimum atomic E-state index is 0.0263. The molecule has 0 amide bonds. The Balaban J connectivity index is 1.14.